The first-order chi connectivity index (χ1) is 12.8. The fourth-order valence-electron chi connectivity index (χ4n) is 2.17. The second-order valence-electron chi connectivity index (χ2n) is 5.54. The van der Waals surface area contributed by atoms with E-state index in [0.29, 0.717) is 17.3 Å². The van der Waals surface area contributed by atoms with Crippen molar-refractivity contribution < 1.29 is 17.9 Å². The zero-order valence-electron chi connectivity index (χ0n) is 14.9. The van der Waals surface area contributed by atoms with E-state index in [9.17, 15) is 13.2 Å². The molecule has 0 fully saturated rings. The van der Waals surface area contributed by atoms with E-state index in [1.165, 1.54) is 18.3 Å². The second kappa shape index (κ2) is 9.38. The number of hydrazone groups is 1. The molecule has 7 nitrogen and oxygen atoms in total. The molecular formula is C18H20ClN3O4S. The molecule has 0 heterocycles. The van der Waals surface area contributed by atoms with Crippen LogP contribution in [-0.2, 0) is 14.8 Å². The number of sulfonamides is 1. The van der Waals surface area contributed by atoms with E-state index in [-0.39, 0.29) is 0 Å². The minimum Gasteiger partial charge on any atom is -0.494 e. The molecule has 0 aromatic heterocycles. The van der Waals surface area contributed by atoms with Crippen LogP contribution >= 0.6 is 11.6 Å². The number of halogens is 1. The predicted molar refractivity (Wildman–Crippen MR) is 107 cm³/mol. The van der Waals surface area contributed by atoms with Crippen LogP contribution in [0.4, 0.5) is 5.69 Å². The van der Waals surface area contributed by atoms with Gasteiger partial charge >= 0.3 is 0 Å². The summed E-state index contributed by atoms with van der Waals surface area (Å²) in [5, 5.41) is 4.32. The third-order valence-corrected chi connectivity index (χ3v) is 4.79. The number of anilines is 1. The van der Waals surface area contributed by atoms with Crippen molar-refractivity contribution in [3.63, 3.8) is 0 Å². The van der Waals surface area contributed by atoms with Gasteiger partial charge in [-0.3, -0.25) is 9.10 Å². The number of ether oxygens (including phenoxy) is 1. The number of nitrogens with one attached hydrogen (secondary N) is 1. The van der Waals surface area contributed by atoms with E-state index in [2.05, 4.69) is 10.5 Å². The molecule has 0 saturated carbocycles. The molecule has 27 heavy (non-hydrogen) atoms. The summed E-state index contributed by atoms with van der Waals surface area (Å²) in [5.41, 5.74) is 3.42. The summed E-state index contributed by atoms with van der Waals surface area (Å²) in [7, 11) is -3.65. The van der Waals surface area contributed by atoms with Crippen molar-refractivity contribution in [3.05, 3.63) is 59.1 Å². The van der Waals surface area contributed by atoms with Crippen molar-refractivity contribution in [2.75, 3.05) is 23.7 Å². The fourth-order valence-corrected chi connectivity index (χ4v) is 3.15. The minimum absolute atomic E-state index is 0.340. The molecule has 1 amide bonds. The molecule has 2 aromatic rings. The van der Waals surface area contributed by atoms with Crippen molar-refractivity contribution in [1.29, 1.82) is 0 Å². The number of rotatable bonds is 8. The SMILES string of the molecule is CCOc1ccc(/C=N/NC(=O)CN(c2ccc(Cl)cc2)S(C)(=O)=O)cc1. The molecule has 0 radical (unpaired) electrons. The molecule has 0 spiro atoms. The highest BCUT2D eigenvalue weighted by Crippen LogP contribution is 2.20. The number of benzene rings is 2. The van der Waals surface area contributed by atoms with E-state index in [4.69, 9.17) is 16.3 Å². The standard InChI is InChI=1S/C18H20ClN3O4S/c1-3-26-17-10-4-14(5-11-17)12-20-21-18(23)13-22(27(2,24)25)16-8-6-15(19)7-9-16/h4-12H,3,13H2,1-2H3,(H,21,23)/b20-12+. The van der Waals surface area contributed by atoms with Gasteiger partial charge < -0.3 is 4.74 Å². The van der Waals surface area contributed by atoms with Crippen LogP contribution in [-0.4, -0.2) is 39.9 Å². The maximum atomic E-state index is 12.1. The van der Waals surface area contributed by atoms with E-state index < -0.39 is 22.5 Å². The van der Waals surface area contributed by atoms with Crippen molar-refractivity contribution in [3.8, 4) is 5.75 Å². The Bertz CT molecular complexity index is 897. The highest BCUT2D eigenvalue weighted by Gasteiger charge is 2.20. The lowest BCUT2D eigenvalue weighted by molar-refractivity contribution is -0.119. The Morgan fingerprint density at radius 2 is 1.81 bits per heavy atom. The van der Waals surface area contributed by atoms with E-state index >= 15 is 0 Å². The number of hydrogen-bond acceptors (Lipinski definition) is 5. The first-order valence-electron chi connectivity index (χ1n) is 8.07. The van der Waals surface area contributed by atoms with Gasteiger partial charge in [0.05, 0.1) is 24.8 Å². The lowest BCUT2D eigenvalue weighted by atomic mass is 10.2. The Labute approximate surface area is 163 Å². The molecular weight excluding hydrogens is 390 g/mol. The van der Waals surface area contributed by atoms with Crippen molar-refractivity contribution in [2.24, 2.45) is 5.10 Å². The minimum atomic E-state index is -3.65. The van der Waals surface area contributed by atoms with Gasteiger partial charge in [-0.1, -0.05) is 11.6 Å². The van der Waals surface area contributed by atoms with Gasteiger partial charge in [-0.2, -0.15) is 5.10 Å². The molecule has 0 aliphatic carbocycles. The van der Waals surface area contributed by atoms with E-state index in [0.717, 1.165) is 21.9 Å². The lowest BCUT2D eigenvalue weighted by Gasteiger charge is -2.21. The summed E-state index contributed by atoms with van der Waals surface area (Å²) in [4.78, 5) is 12.1. The molecule has 2 rings (SSSR count). The third kappa shape index (κ3) is 6.58. The van der Waals surface area contributed by atoms with Crippen LogP contribution in [0, 0.1) is 0 Å². The van der Waals surface area contributed by atoms with Crippen molar-refractivity contribution >= 4 is 39.4 Å². The summed E-state index contributed by atoms with van der Waals surface area (Å²) in [6.45, 7) is 2.07. The van der Waals surface area contributed by atoms with Crippen LogP contribution in [0.25, 0.3) is 0 Å². The first-order valence-corrected chi connectivity index (χ1v) is 10.3. The van der Waals surface area contributed by atoms with E-state index in [1.54, 1.807) is 36.4 Å². The maximum absolute atomic E-state index is 12.1. The van der Waals surface area contributed by atoms with Gasteiger partial charge in [-0.25, -0.2) is 13.8 Å². The summed E-state index contributed by atoms with van der Waals surface area (Å²) >= 11 is 5.82. The molecule has 1 N–H and O–H groups in total. The topological polar surface area (TPSA) is 88.1 Å². The normalized spacial score (nSPS) is 11.4. The Hall–Kier alpha value is -2.58. The van der Waals surface area contributed by atoms with E-state index in [1.807, 2.05) is 6.92 Å². The van der Waals surface area contributed by atoms with Gasteiger partial charge in [-0.05, 0) is 61.0 Å². The van der Waals surface area contributed by atoms with Crippen LogP contribution in [0.5, 0.6) is 5.75 Å². The largest absolute Gasteiger partial charge is 0.494 e. The molecule has 0 atom stereocenters. The second-order valence-corrected chi connectivity index (χ2v) is 7.88. The van der Waals surface area contributed by atoms with Gasteiger partial charge in [0, 0.05) is 5.02 Å². The van der Waals surface area contributed by atoms with Crippen LogP contribution in [0.1, 0.15) is 12.5 Å². The summed E-state index contributed by atoms with van der Waals surface area (Å²) < 4.78 is 30.3. The summed E-state index contributed by atoms with van der Waals surface area (Å²) in [6, 6.07) is 13.3. The highest BCUT2D eigenvalue weighted by atomic mass is 35.5. The predicted octanol–water partition coefficient (Wildman–Crippen LogP) is 2.66. The Balaban J connectivity index is 2.00. The zero-order chi connectivity index (χ0) is 19.9. The molecule has 2 aromatic carbocycles. The Kier molecular flexibility index (Phi) is 7.20. The number of hydrogen-bond donors (Lipinski definition) is 1. The number of carbonyl (C=O) groups excluding carboxylic acids is 1. The Morgan fingerprint density at radius 1 is 1.19 bits per heavy atom. The van der Waals surface area contributed by atoms with Crippen LogP contribution < -0.4 is 14.5 Å². The summed E-state index contributed by atoms with van der Waals surface area (Å²) in [6.07, 6.45) is 2.48. The summed E-state index contributed by atoms with van der Waals surface area (Å²) in [5.74, 6) is 0.169. The molecule has 0 saturated heterocycles. The molecule has 0 aliphatic heterocycles. The molecule has 0 aliphatic rings. The smallest absolute Gasteiger partial charge is 0.260 e. The zero-order valence-corrected chi connectivity index (χ0v) is 16.5. The van der Waals surface area contributed by atoms with Crippen molar-refractivity contribution in [1.82, 2.24) is 5.43 Å². The molecule has 9 heteroatoms. The van der Waals surface area contributed by atoms with Crippen molar-refractivity contribution in [2.45, 2.75) is 6.92 Å². The third-order valence-electron chi connectivity index (χ3n) is 3.40. The number of carbonyl (C=O) groups is 1. The van der Waals surface area contributed by atoms with Crippen LogP contribution in [0.3, 0.4) is 0 Å². The van der Waals surface area contributed by atoms with Gasteiger partial charge in [-0.15, -0.1) is 0 Å². The quantitative estimate of drug-likeness (QED) is 0.536. The number of nitrogens with zero attached hydrogens (tertiary/aromatic N) is 2. The van der Waals surface area contributed by atoms with Gasteiger partial charge in [0.15, 0.2) is 0 Å². The molecule has 0 unspecified atom stereocenters. The van der Waals surface area contributed by atoms with Gasteiger partial charge in [0.2, 0.25) is 10.0 Å². The first kappa shape index (κ1) is 20.7. The monoisotopic (exact) mass is 409 g/mol. The van der Waals surface area contributed by atoms with Gasteiger partial charge in [0.25, 0.3) is 5.91 Å². The number of amides is 1. The van der Waals surface area contributed by atoms with Crippen LogP contribution in [0.15, 0.2) is 53.6 Å². The Morgan fingerprint density at radius 3 is 2.37 bits per heavy atom. The lowest BCUT2D eigenvalue weighted by Crippen LogP contribution is -2.38. The van der Waals surface area contributed by atoms with Gasteiger partial charge in [0.1, 0.15) is 12.3 Å². The molecule has 144 valence electrons. The average molecular weight is 410 g/mol. The highest BCUT2D eigenvalue weighted by molar-refractivity contribution is 7.92. The maximum Gasteiger partial charge on any atom is 0.260 e. The molecule has 0 bridgehead atoms. The average Bonchev–Trinajstić information content (AvgIpc) is 2.61. The van der Waals surface area contributed by atoms with Crippen LogP contribution in [0.2, 0.25) is 5.02 Å². The fraction of sp³-hybridized carbons (Fsp3) is 0.222.